The number of rotatable bonds is 3. The molecule has 0 saturated carbocycles. The van der Waals surface area contributed by atoms with Crippen LogP contribution < -0.4 is 11.1 Å². The molecule has 1 rings (SSSR count). The van der Waals surface area contributed by atoms with Crippen molar-refractivity contribution in [2.45, 2.75) is 38.6 Å². The minimum atomic E-state index is -0.815. The fourth-order valence-electron chi connectivity index (χ4n) is 1.85. The van der Waals surface area contributed by atoms with Crippen LogP contribution in [-0.4, -0.2) is 41.9 Å². The van der Waals surface area contributed by atoms with Crippen molar-refractivity contribution in [3.8, 4) is 0 Å². The predicted octanol–water partition coefficient (Wildman–Crippen LogP) is -0.148. The van der Waals surface area contributed by atoms with Crippen molar-refractivity contribution in [2.24, 2.45) is 5.73 Å². The van der Waals surface area contributed by atoms with Crippen molar-refractivity contribution in [3.05, 3.63) is 0 Å². The van der Waals surface area contributed by atoms with Crippen LogP contribution in [0.3, 0.4) is 0 Å². The molecule has 1 fully saturated rings. The van der Waals surface area contributed by atoms with Crippen LogP contribution in [0.4, 0.5) is 0 Å². The molecule has 3 N–H and O–H groups in total. The second kappa shape index (κ2) is 5.30. The summed E-state index contributed by atoms with van der Waals surface area (Å²) in [4.78, 5) is 25.1. The molecule has 16 heavy (non-hydrogen) atoms. The van der Waals surface area contributed by atoms with Gasteiger partial charge < -0.3 is 16.0 Å². The summed E-state index contributed by atoms with van der Waals surface area (Å²) in [6, 6.07) is 0. The summed E-state index contributed by atoms with van der Waals surface area (Å²) >= 11 is 0. The standard InChI is InChI=1S/C11H21N3O2/c1-3-11(12,4-2)10(16)14-7-5-6-13-9(15)8-14/h3-8,12H2,1-2H3,(H,13,15). The van der Waals surface area contributed by atoms with Gasteiger partial charge in [-0.05, 0) is 19.3 Å². The SMILES string of the molecule is CCC(N)(CC)C(=O)N1CCCNC(=O)C1. The third kappa shape index (κ3) is 2.72. The lowest BCUT2D eigenvalue weighted by Crippen LogP contribution is -2.55. The van der Waals surface area contributed by atoms with Gasteiger partial charge in [-0.3, -0.25) is 9.59 Å². The number of carbonyl (C=O) groups excluding carboxylic acids is 2. The fraction of sp³-hybridized carbons (Fsp3) is 0.818. The second-order valence-electron chi connectivity index (χ2n) is 4.29. The molecule has 0 aromatic rings. The van der Waals surface area contributed by atoms with Crippen molar-refractivity contribution < 1.29 is 9.59 Å². The highest BCUT2D eigenvalue weighted by molar-refractivity contribution is 5.90. The summed E-state index contributed by atoms with van der Waals surface area (Å²) in [6.45, 7) is 5.19. The summed E-state index contributed by atoms with van der Waals surface area (Å²) in [5, 5.41) is 2.74. The lowest BCUT2D eigenvalue weighted by Gasteiger charge is -2.31. The van der Waals surface area contributed by atoms with Crippen LogP contribution in [0.25, 0.3) is 0 Å². The van der Waals surface area contributed by atoms with E-state index in [9.17, 15) is 9.59 Å². The Bertz CT molecular complexity index is 274. The number of hydrogen-bond donors (Lipinski definition) is 2. The van der Waals surface area contributed by atoms with Crippen LogP contribution in [0.15, 0.2) is 0 Å². The molecule has 1 heterocycles. The molecule has 1 saturated heterocycles. The molecule has 92 valence electrons. The Labute approximate surface area is 96.4 Å². The molecule has 5 nitrogen and oxygen atoms in total. The summed E-state index contributed by atoms with van der Waals surface area (Å²) in [6.07, 6.45) is 1.99. The Morgan fingerprint density at radius 1 is 1.50 bits per heavy atom. The van der Waals surface area contributed by atoms with Gasteiger partial charge >= 0.3 is 0 Å². The fourth-order valence-corrected chi connectivity index (χ4v) is 1.85. The van der Waals surface area contributed by atoms with E-state index >= 15 is 0 Å². The van der Waals surface area contributed by atoms with Crippen molar-refractivity contribution >= 4 is 11.8 Å². The van der Waals surface area contributed by atoms with E-state index < -0.39 is 5.54 Å². The first-order chi connectivity index (χ1) is 7.53. The molecule has 1 aliphatic heterocycles. The number of amides is 2. The Balaban J connectivity index is 2.74. The number of hydrogen-bond acceptors (Lipinski definition) is 3. The van der Waals surface area contributed by atoms with Gasteiger partial charge in [0.1, 0.15) is 0 Å². The Kier molecular flexibility index (Phi) is 4.29. The number of carbonyl (C=O) groups is 2. The summed E-state index contributed by atoms with van der Waals surface area (Å²) in [5.74, 6) is -0.199. The zero-order chi connectivity index (χ0) is 12.2. The molecule has 2 amide bonds. The smallest absolute Gasteiger partial charge is 0.243 e. The minimum absolute atomic E-state index is 0.0968. The van der Waals surface area contributed by atoms with Gasteiger partial charge in [-0.15, -0.1) is 0 Å². The normalized spacial score (nSPS) is 17.9. The zero-order valence-corrected chi connectivity index (χ0v) is 10.1. The third-order valence-electron chi connectivity index (χ3n) is 3.24. The van der Waals surface area contributed by atoms with Gasteiger partial charge in [0.25, 0.3) is 0 Å². The molecular weight excluding hydrogens is 206 g/mol. The van der Waals surface area contributed by atoms with Crippen LogP contribution in [0.5, 0.6) is 0 Å². The van der Waals surface area contributed by atoms with Crippen molar-refractivity contribution in [1.29, 1.82) is 0 Å². The Morgan fingerprint density at radius 3 is 2.69 bits per heavy atom. The first kappa shape index (κ1) is 13.0. The van der Waals surface area contributed by atoms with E-state index in [0.29, 0.717) is 25.9 Å². The average Bonchev–Trinajstić information content (AvgIpc) is 2.51. The lowest BCUT2D eigenvalue weighted by molar-refractivity contribution is -0.140. The number of nitrogens with one attached hydrogen (secondary N) is 1. The largest absolute Gasteiger partial charge is 0.354 e. The van der Waals surface area contributed by atoms with Gasteiger partial charge in [0.05, 0.1) is 12.1 Å². The number of nitrogens with zero attached hydrogens (tertiary/aromatic N) is 1. The highest BCUT2D eigenvalue weighted by Gasteiger charge is 2.35. The van der Waals surface area contributed by atoms with Crippen LogP contribution in [-0.2, 0) is 9.59 Å². The monoisotopic (exact) mass is 227 g/mol. The molecular formula is C11H21N3O2. The van der Waals surface area contributed by atoms with E-state index in [1.54, 1.807) is 4.90 Å². The Morgan fingerprint density at radius 2 is 2.12 bits per heavy atom. The van der Waals surface area contributed by atoms with Crippen LogP contribution >= 0.6 is 0 Å². The first-order valence-electron chi connectivity index (χ1n) is 5.88. The number of nitrogens with two attached hydrogens (primary N) is 1. The molecule has 0 bridgehead atoms. The van der Waals surface area contributed by atoms with E-state index in [1.165, 1.54) is 0 Å². The van der Waals surface area contributed by atoms with E-state index in [4.69, 9.17) is 5.73 Å². The van der Waals surface area contributed by atoms with Gasteiger partial charge in [-0.2, -0.15) is 0 Å². The highest BCUT2D eigenvalue weighted by Crippen LogP contribution is 2.16. The molecule has 5 heteroatoms. The van der Waals surface area contributed by atoms with Crippen LogP contribution in [0, 0.1) is 0 Å². The van der Waals surface area contributed by atoms with Crippen molar-refractivity contribution in [2.75, 3.05) is 19.6 Å². The van der Waals surface area contributed by atoms with Gasteiger partial charge in [0.2, 0.25) is 11.8 Å². The maximum Gasteiger partial charge on any atom is 0.243 e. The molecule has 0 aliphatic carbocycles. The molecule has 0 atom stereocenters. The first-order valence-corrected chi connectivity index (χ1v) is 5.88. The molecule has 0 unspecified atom stereocenters. The average molecular weight is 227 g/mol. The van der Waals surface area contributed by atoms with Gasteiger partial charge in [0.15, 0.2) is 0 Å². The maximum atomic E-state index is 12.2. The van der Waals surface area contributed by atoms with Crippen molar-refractivity contribution in [3.63, 3.8) is 0 Å². The van der Waals surface area contributed by atoms with E-state index in [1.807, 2.05) is 13.8 Å². The van der Waals surface area contributed by atoms with Gasteiger partial charge in [-0.1, -0.05) is 13.8 Å². The topological polar surface area (TPSA) is 75.4 Å². The lowest BCUT2D eigenvalue weighted by atomic mass is 9.92. The third-order valence-corrected chi connectivity index (χ3v) is 3.24. The van der Waals surface area contributed by atoms with Gasteiger partial charge in [0, 0.05) is 13.1 Å². The quantitative estimate of drug-likeness (QED) is 0.704. The van der Waals surface area contributed by atoms with E-state index in [-0.39, 0.29) is 18.4 Å². The summed E-state index contributed by atoms with van der Waals surface area (Å²) in [7, 11) is 0. The zero-order valence-electron chi connectivity index (χ0n) is 10.1. The Hall–Kier alpha value is -1.10. The summed E-state index contributed by atoms with van der Waals surface area (Å²) in [5.41, 5.74) is 5.23. The second-order valence-corrected chi connectivity index (χ2v) is 4.29. The summed E-state index contributed by atoms with van der Waals surface area (Å²) < 4.78 is 0. The predicted molar refractivity (Wildman–Crippen MR) is 61.7 cm³/mol. The molecule has 0 spiro atoms. The maximum absolute atomic E-state index is 12.2. The van der Waals surface area contributed by atoms with E-state index in [2.05, 4.69) is 5.32 Å². The van der Waals surface area contributed by atoms with Crippen molar-refractivity contribution in [1.82, 2.24) is 10.2 Å². The minimum Gasteiger partial charge on any atom is -0.354 e. The molecule has 0 aromatic carbocycles. The van der Waals surface area contributed by atoms with Crippen LogP contribution in [0.2, 0.25) is 0 Å². The van der Waals surface area contributed by atoms with Gasteiger partial charge in [-0.25, -0.2) is 0 Å². The van der Waals surface area contributed by atoms with Crippen LogP contribution in [0.1, 0.15) is 33.1 Å². The molecule has 0 radical (unpaired) electrons. The molecule has 0 aromatic heterocycles. The van der Waals surface area contributed by atoms with E-state index in [0.717, 1.165) is 6.42 Å². The highest BCUT2D eigenvalue weighted by atomic mass is 16.2. The molecule has 1 aliphatic rings.